The molecule has 2 aromatic rings. The SMILES string of the molecule is Cc1nn(-c2ccc([N+](=O)[O-])c(C(=O)O)c2)cc1Cl. The van der Waals surface area contributed by atoms with Crippen LogP contribution in [-0.2, 0) is 0 Å². The zero-order chi connectivity index (χ0) is 14.2. The van der Waals surface area contributed by atoms with E-state index in [-0.39, 0.29) is 0 Å². The largest absolute Gasteiger partial charge is 0.477 e. The van der Waals surface area contributed by atoms with Gasteiger partial charge in [0.1, 0.15) is 5.56 Å². The molecule has 0 saturated carbocycles. The standard InChI is InChI=1S/C11H8ClN3O4/c1-6-9(12)5-14(13-6)7-2-3-10(15(18)19)8(4-7)11(16)17/h2-5H,1H3,(H,16,17). The Morgan fingerprint density at radius 1 is 1.53 bits per heavy atom. The minimum Gasteiger partial charge on any atom is -0.477 e. The van der Waals surface area contributed by atoms with Crippen LogP contribution in [0.1, 0.15) is 16.1 Å². The number of rotatable bonds is 3. The molecule has 0 saturated heterocycles. The Hall–Kier alpha value is -2.41. The molecule has 0 aliphatic carbocycles. The number of benzene rings is 1. The van der Waals surface area contributed by atoms with E-state index < -0.39 is 22.1 Å². The average molecular weight is 282 g/mol. The van der Waals surface area contributed by atoms with Crippen LogP contribution in [0.5, 0.6) is 0 Å². The molecule has 0 fully saturated rings. The van der Waals surface area contributed by atoms with Crippen molar-refractivity contribution in [2.45, 2.75) is 6.92 Å². The molecule has 2 rings (SSSR count). The summed E-state index contributed by atoms with van der Waals surface area (Å²) in [4.78, 5) is 21.0. The molecule has 0 unspecified atom stereocenters. The van der Waals surface area contributed by atoms with Crippen LogP contribution in [-0.4, -0.2) is 25.8 Å². The first-order chi connectivity index (χ1) is 8.90. The second-order valence-corrected chi connectivity index (χ2v) is 4.18. The van der Waals surface area contributed by atoms with E-state index in [4.69, 9.17) is 16.7 Å². The zero-order valence-corrected chi connectivity index (χ0v) is 10.5. The minimum absolute atomic E-state index is 0.387. The first kappa shape index (κ1) is 13.0. The Kier molecular flexibility index (Phi) is 3.22. The van der Waals surface area contributed by atoms with Gasteiger partial charge in [-0.15, -0.1) is 0 Å². The van der Waals surface area contributed by atoms with Crippen molar-refractivity contribution in [1.29, 1.82) is 0 Å². The topological polar surface area (TPSA) is 98.3 Å². The Morgan fingerprint density at radius 2 is 2.21 bits per heavy atom. The van der Waals surface area contributed by atoms with E-state index in [1.165, 1.54) is 23.0 Å². The predicted octanol–water partition coefficient (Wildman–Crippen LogP) is 2.44. The predicted molar refractivity (Wildman–Crippen MR) is 66.9 cm³/mol. The fraction of sp³-hybridized carbons (Fsp3) is 0.0909. The second-order valence-electron chi connectivity index (χ2n) is 3.77. The van der Waals surface area contributed by atoms with Crippen LogP contribution < -0.4 is 0 Å². The van der Waals surface area contributed by atoms with Crippen LogP contribution >= 0.6 is 11.6 Å². The average Bonchev–Trinajstić information content (AvgIpc) is 2.68. The third-order valence-corrected chi connectivity index (χ3v) is 2.88. The molecule has 0 amide bonds. The quantitative estimate of drug-likeness (QED) is 0.688. The summed E-state index contributed by atoms with van der Waals surface area (Å²) in [5.41, 5.74) is 0.105. The van der Waals surface area contributed by atoms with Gasteiger partial charge in [0.15, 0.2) is 0 Å². The van der Waals surface area contributed by atoms with E-state index in [1.54, 1.807) is 6.92 Å². The molecule has 1 N–H and O–H groups in total. The van der Waals surface area contributed by atoms with Gasteiger partial charge >= 0.3 is 5.97 Å². The highest BCUT2D eigenvalue weighted by Crippen LogP contribution is 2.23. The van der Waals surface area contributed by atoms with Crippen molar-refractivity contribution < 1.29 is 14.8 Å². The molecule has 0 bridgehead atoms. The van der Waals surface area contributed by atoms with Gasteiger partial charge in [-0.25, -0.2) is 9.48 Å². The fourth-order valence-corrected chi connectivity index (χ4v) is 1.70. The summed E-state index contributed by atoms with van der Waals surface area (Å²) >= 11 is 5.86. The maximum absolute atomic E-state index is 11.0. The second kappa shape index (κ2) is 4.69. The van der Waals surface area contributed by atoms with Crippen LogP contribution in [0.3, 0.4) is 0 Å². The normalized spacial score (nSPS) is 10.4. The van der Waals surface area contributed by atoms with Crippen molar-refractivity contribution in [2.75, 3.05) is 0 Å². The molecule has 0 atom stereocenters. The highest BCUT2D eigenvalue weighted by Gasteiger charge is 2.20. The number of hydrogen-bond donors (Lipinski definition) is 1. The zero-order valence-electron chi connectivity index (χ0n) is 9.70. The van der Waals surface area contributed by atoms with Gasteiger partial charge in [0.25, 0.3) is 5.69 Å². The van der Waals surface area contributed by atoms with Crippen molar-refractivity contribution in [1.82, 2.24) is 9.78 Å². The maximum Gasteiger partial charge on any atom is 0.342 e. The lowest BCUT2D eigenvalue weighted by Crippen LogP contribution is -2.05. The number of aromatic carboxylic acids is 1. The lowest BCUT2D eigenvalue weighted by atomic mass is 10.1. The number of aryl methyl sites for hydroxylation is 1. The molecule has 0 aliphatic rings. The van der Waals surface area contributed by atoms with Gasteiger partial charge in [-0.1, -0.05) is 11.6 Å². The third kappa shape index (κ3) is 2.41. The number of nitrogens with zero attached hydrogens (tertiary/aromatic N) is 3. The lowest BCUT2D eigenvalue weighted by Gasteiger charge is -2.03. The highest BCUT2D eigenvalue weighted by molar-refractivity contribution is 6.31. The van der Waals surface area contributed by atoms with Gasteiger partial charge in [0.2, 0.25) is 0 Å². The first-order valence-electron chi connectivity index (χ1n) is 5.14. The molecule has 7 nitrogen and oxygen atoms in total. The van der Waals surface area contributed by atoms with Crippen LogP contribution in [0.15, 0.2) is 24.4 Å². The highest BCUT2D eigenvalue weighted by atomic mass is 35.5. The molecule has 1 heterocycles. The summed E-state index contributed by atoms with van der Waals surface area (Å²) in [6.45, 7) is 1.70. The van der Waals surface area contributed by atoms with Crippen LogP contribution in [0.4, 0.5) is 5.69 Å². The van der Waals surface area contributed by atoms with E-state index in [2.05, 4.69) is 5.10 Å². The van der Waals surface area contributed by atoms with Crippen molar-refractivity contribution >= 4 is 23.3 Å². The molecule has 1 aromatic carbocycles. The van der Waals surface area contributed by atoms with Gasteiger partial charge in [0.05, 0.1) is 21.3 Å². The molecular formula is C11H8ClN3O4. The van der Waals surface area contributed by atoms with Crippen LogP contribution in [0.2, 0.25) is 5.02 Å². The van der Waals surface area contributed by atoms with Gasteiger partial charge in [0, 0.05) is 12.3 Å². The molecule has 98 valence electrons. The molecule has 1 aromatic heterocycles. The molecule has 19 heavy (non-hydrogen) atoms. The van der Waals surface area contributed by atoms with Crippen molar-refractivity contribution in [3.8, 4) is 5.69 Å². The molecule has 8 heteroatoms. The number of nitro benzene ring substituents is 1. The number of hydrogen-bond acceptors (Lipinski definition) is 4. The lowest BCUT2D eigenvalue weighted by molar-refractivity contribution is -0.385. The van der Waals surface area contributed by atoms with Crippen LogP contribution in [0, 0.1) is 17.0 Å². The number of carboxylic acid groups (broad SMARTS) is 1. The molecule has 0 spiro atoms. The number of halogens is 1. The number of carbonyl (C=O) groups is 1. The Labute approximate surface area is 112 Å². The van der Waals surface area contributed by atoms with Crippen molar-refractivity contribution in [3.63, 3.8) is 0 Å². The summed E-state index contributed by atoms with van der Waals surface area (Å²) < 4.78 is 1.37. The molecule has 0 aliphatic heterocycles. The number of nitro groups is 1. The van der Waals surface area contributed by atoms with Crippen molar-refractivity contribution in [3.05, 3.63) is 50.8 Å². The van der Waals surface area contributed by atoms with Gasteiger partial charge in [-0.2, -0.15) is 5.10 Å². The number of carboxylic acids is 1. The van der Waals surface area contributed by atoms with Gasteiger partial charge in [-0.3, -0.25) is 10.1 Å². The molecule has 0 radical (unpaired) electrons. The Morgan fingerprint density at radius 3 is 2.68 bits per heavy atom. The van der Waals surface area contributed by atoms with Gasteiger partial charge < -0.3 is 5.11 Å². The van der Waals surface area contributed by atoms with E-state index in [1.807, 2.05) is 0 Å². The summed E-state index contributed by atoms with van der Waals surface area (Å²) in [7, 11) is 0. The smallest absolute Gasteiger partial charge is 0.342 e. The fourth-order valence-electron chi connectivity index (χ4n) is 1.57. The summed E-state index contributed by atoms with van der Waals surface area (Å²) in [5, 5.41) is 24.2. The minimum atomic E-state index is -1.37. The summed E-state index contributed by atoms with van der Waals surface area (Å²) in [6.07, 6.45) is 1.50. The van der Waals surface area contributed by atoms with Crippen LogP contribution in [0.25, 0.3) is 5.69 Å². The third-order valence-electron chi connectivity index (χ3n) is 2.51. The van der Waals surface area contributed by atoms with E-state index in [0.717, 1.165) is 6.07 Å². The van der Waals surface area contributed by atoms with E-state index in [9.17, 15) is 14.9 Å². The number of aromatic nitrogens is 2. The first-order valence-corrected chi connectivity index (χ1v) is 5.52. The maximum atomic E-state index is 11.0. The summed E-state index contributed by atoms with van der Waals surface area (Å²) in [5.74, 6) is -1.37. The van der Waals surface area contributed by atoms with E-state index in [0.29, 0.717) is 16.4 Å². The Balaban J connectivity index is 2.58. The van der Waals surface area contributed by atoms with E-state index >= 15 is 0 Å². The van der Waals surface area contributed by atoms with Gasteiger partial charge in [-0.05, 0) is 19.1 Å². The van der Waals surface area contributed by atoms with Crippen molar-refractivity contribution in [2.24, 2.45) is 0 Å². The summed E-state index contributed by atoms with van der Waals surface area (Å²) in [6, 6.07) is 3.72. The Bertz CT molecular complexity index is 661. The monoisotopic (exact) mass is 281 g/mol. The molecular weight excluding hydrogens is 274 g/mol.